The van der Waals surface area contributed by atoms with Crippen LogP contribution in [0.25, 0.3) is 0 Å². The molecule has 98 valence electrons. The van der Waals surface area contributed by atoms with Gasteiger partial charge in [-0.25, -0.2) is 13.6 Å². The Labute approximate surface area is 99.6 Å². The van der Waals surface area contributed by atoms with Gasteiger partial charge in [0.15, 0.2) is 0 Å². The average Bonchev–Trinajstić information content (AvgIpc) is 2.19. The maximum atomic E-state index is 10.6. The van der Waals surface area contributed by atoms with E-state index in [9.17, 15) is 8.42 Å². The second-order valence-corrected chi connectivity index (χ2v) is 5.83. The minimum absolute atomic E-state index is 0.0868. The Hall–Kier alpha value is -0.130. The Morgan fingerprint density at radius 3 is 2.00 bits per heavy atom. The fourth-order valence-corrected chi connectivity index (χ4v) is 2.02. The first kappa shape index (κ1) is 15.9. The van der Waals surface area contributed by atoms with Gasteiger partial charge in [-0.3, -0.25) is 0 Å². The quantitative estimate of drug-likeness (QED) is 0.571. The number of primary sulfonamides is 1. The van der Waals surface area contributed by atoms with Crippen molar-refractivity contribution < 1.29 is 13.2 Å². The van der Waals surface area contributed by atoms with Crippen molar-refractivity contribution in [2.24, 2.45) is 5.14 Å². The molecule has 0 aliphatic heterocycles. The third-order valence-electron chi connectivity index (χ3n) is 2.36. The monoisotopic (exact) mass is 251 g/mol. The molecule has 0 spiro atoms. The van der Waals surface area contributed by atoms with Gasteiger partial charge >= 0.3 is 0 Å². The lowest BCUT2D eigenvalue weighted by atomic mass is 10.2. The van der Waals surface area contributed by atoms with E-state index in [2.05, 4.69) is 6.92 Å². The molecule has 0 bridgehead atoms. The predicted molar refractivity (Wildman–Crippen MR) is 66.8 cm³/mol. The van der Waals surface area contributed by atoms with Crippen molar-refractivity contribution in [3.05, 3.63) is 0 Å². The van der Waals surface area contributed by atoms with Crippen molar-refractivity contribution in [3.63, 3.8) is 0 Å². The zero-order valence-corrected chi connectivity index (χ0v) is 11.1. The van der Waals surface area contributed by atoms with E-state index in [0.29, 0.717) is 6.42 Å². The summed E-state index contributed by atoms with van der Waals surface area (Å²) in [5, 5.41) is 4.89. The Balaban J connectivity index is 3.05. The first-order valence-corrected chi connectivity index (χ1v) is 7.86. The molecule has 0 atom stereocenters. The number of nitrogens with two attached hydrogens (primary N) is 1. The van der Waals surface area contributed by atoms with Gasteiger partial charge in [-0.15, -0.1) is 0 Å². The molecule has 0 saturated carbocycles. The zero-order chi connectivity index (χ0) is 12.3. The highest BCUT2D eigenvalue weighted by atomic mass is 32.2. The van der Waals surface area contributed by atoms with Crippen molar-refractivity contribution in [2.75, 3.05) is 19.0 Å². The van der Waals surface area contributed by atoms with Gasteiger partial charge in [0.1, 0.15) is 0 Å². The maximum absolute atomic E-state index is 10.6. The highest BCUT2D eigenvalue weighted by Gasteiger charge is 2.01. The smallest absolute Gasteiger partial charge is 0.209 e. The van der Waals surface area contributed by atoms with E-state index >= 15 is 0 Å². The van der Waals surface area contributed by atoms with E-state index in [0.717, 1.165) is 32.5 Å². The molecule has 0 fully saturated rings. The Bertz CT molecular complexity index is 240. The van der Waals surface area contributed by atoms with Gasteiger partial charge in [-0.1, -0.05) is 32.6 Å². The minimum Gasteiger partial charge on any atom is -0.381 e. The van der Waals surface area contributed by atoms with E-state index < -0.39 is 10.0 Å². The summed E-state index contributed by atoms with van der Waals surface area (Å²) in [5.41, 5.74) is 0. The summed E-state index contributed by atoms with van der Waals surface area (Å²) in [4.78, 5) is 0. The molecular weight excluding hydrogens is 226 g/mol. The van der Waals surface area contributed by atoms with Crippen molar-refractivity contribution in [1.82, 2.24) is 0 Å². The van der Waals surface area contributed by atoms with Crippen LogP contribution >= 0.6 is 0 Å². The van der Waals surface area contributed by atoms with Gasteiger partial charge in [0.25, 0.3) is 0 Å². The number of hydrogen-bond acceptors (Lipinski definition) is 3. The molecule has 0 aromatic heterocycles. The van der Waals surface area contributed by atoms with Crippen LogP contribution in [-0.4, -0.2) is 27.4 Å². The molecule has 0 unspecified atom stereocenters. The van der Waals surface area contributed by atoms with E-state index in [1.54, 1.807) is 0 Å². The highest BCUT2D eigenvalue weighted by Crippen LogP contribution is 2.01. The van der Waals surface area contributed by atoms with Crippen LogP contribution < -0.4 is 5.14 Å². The normalized spacial score (nSPS) is 11.9. The molecule has 5 heteroatoms. The van der Waals surface area contributed by atoms with Crippen molar-refractivity contribution >= 4 is 10.0 Å². The zero-order valence-electron chi connectivity index (χ0n) is 10.3. The second kappa shape index (κ2) is 10.1. The van der Waals surface area contributed by atoms with Crippen LogP contribution in [0.4, 0.5) is 0 Å². The maximum Gasteiger partial charge on any atom is 0.209 e. The Morgan fingerprint density at radius 1 is 0.938 bits per heavy atom. The van der Waals surface area contributed by atoms with Gasteiger partial charge in [0.05, 0.1) is 5.75 Å². The molecular formula is C11H25NO3S. The lowest BCUT2D eigenvalue weighted by Crippen LogP contribution is -2.16. The summed E-state index contributed by atoms with van der Waals surface area (Å²) in [6.45, 7) is 3.75. The lowest BCUT2D eigenvalue weighted by molar-refractivity contribution is 0.126. The third-order valence-corrected chi connectivity index (χ3v) is 3.22. The fourth-order valence-electron chi connectivity index (χ4n) is 1.42. The molecule has 0 aromatic carbocycles. The third kappa shape index (κ3) is 13.9. The van der Waals surface area contributed by atoms with Crippen LogP contribution in [0.1, 0.15) is 51.9 Å². The summed E-state index contributed by atoms with van der Waals surface area (Å²) in [6.07, 6.45) is 7.31. The molecule has 0 radical (unpaired) electrons. The van der Waals surface area contributed by atoms with Crippen LogP contribution in [0.15, 0.2) is 0 Å². The topological polar surface area (TPSA) is 69.4 Å². The fraction of sp³-hybridized carbons (Fsp3) is 1.00. The molecule has 0 rings (SSSR count). The summed E-state index contributed by atoms with van der Waals surface area (Å²) in [5.74, 6) is 0.0868. The van der Waals surface area contributed by atoms with Crippen LogP contribution in [0.5, 0.6) is 0 Å². The van der Waals surface area contributed by atoms with Gasteiger partial charge in [0, 0.05) is 13.2 Å². The average molecular weight is 251 g/mol. The first-order valence-electron chi connectivity index (χ1n) is 6.14. The predicted octanol–water partition coefficient (Wildman–Crippen LogP) is 2.04. The first-order chi connectivity index (χ1) is 7.56. The van der Waals surface area contributed by atoms with Gasteiger partial charge < -0.3 is 4.74 Å². The molecule has 0 saturated heterocycles. The van der Waals surface area contributed by atoms with Crippen LogP contribution in [0.2, 0.25) is 0 Å². The minimum atomic E-state index is -3.27. The van der Waals surface area contributed by atoms with E-state index in [-0.39, 0.29) is 5.75 Å². The Morgan fingerprint density at radius 2 is 1.50 bits per heavy atom. The lowest BCUT2D eigenvalue weighted by Gasteiger charge is -2.03. The van der Waals surface area contributed by atoms with E-state index in [1.807, 2.05) is 0 Å². The van der Waals surface area contributed by atoms with Gasteiger partial charge in [-0.2, -0.15) is 0 Å². The standard InChI is InChI=1S/C11H25NO3S/c1-2-3-4-6-9-15-10-7-5-8-11-16(12,13)14/h2-11H2,1H3,(H2,12,13,14). The highest BCUT2D eigenvalue weighted by molar-refractivity contribution is 7.89. The van der Waals surface area contributed by atoms with Gasteiger partial charge in [-0.05, 0) is 19.3 Å². The van der Waals surface area contributed by atoms with Gasteiger partial charge in [0.2, 0.25) is 10.0 Å². The van der Waals surface area contributed by atoms with Crippen LogP contribution in [-0.2, 0) is 14.8 Å². The SMILES string of the molecule is CCCCCCOCCCCCS(N)(=O)=O. The number of ether oxygens (including phenoxy) is 1. The van der Waals surface area contributed by atoms with E-state index in [4.69, 9.17) is 9.88 Å². The largest absolute Gasteiger partial charge is 0.381 e. The molecule has 2 N–H and O–H groups in total. The molecule has 0 aliphatic rings. The summed E-state index contributed by atoms with van der Waals surface area (Å²) in [6, 6.07) is 0. The number of unbranched alkanes of at least 4 members (excludes halogenated alkanes) is 5. The number of rotatable bonds is 11. The second-order valence-electron chi connectivity index (χ2n) is 4.10. The summed E-state index contributed by atoms with van der Waals surface area (Å²) in [7, 11) is -3.27. The van der Waals surface area contributed by atoms with Crippen molar-refractivity contribution in [1.29, 1.82) is 0 Å². The number of hydrogen-bond donors (Lipinski definition) is 1. The molecule has 0 aliphatic carbocycles. The molecule has 0 heterocycles. The summed E-state index contributed by atoms with van der Waals surface area (Å²) < 4.78 is 26.7. The molecule has 0 aromatic rings. The molecule has 4 nitrogen and oxygen atoms in total. The summed E-state index contributed by atoms with van der Waals surface area (Å²) >= 11 is 0. The molecule has 0 amide bonds. The Kier molecular flexibility index (Phi) is 9.97. The van der Waals surface area contributed by atoms with Crippen molar-refractivity contribution in [3.8, 4) is 0 Å². The van der Waals surface area contributed by atoms with E-state index in [1.165, 1.54) is 19.3 Å². The van der Waals surface area contributed by atoms with Crippen molar-refractivity contribution in [2.45, 2.75) is 51.9 Å². The molecule has 16 heavy (non-hydrogen) atoms. The van der Waals surface area contributed by atoms with Crippen LogP contribution in [0, 0.1) is 0 Å². The van der Waals surface area contributed by atoms with Crippen LogP contribution in [0.3, 0.4) is 0 Å². The number of sulfonamides is 1.